The lowest BCUT2D eigenvalue weighted by Gasteiger charge is -2.08. The SMILES string of the molecule is O=C(/C=C/c1ccc(OCc2ccccc2Cl)cc1)Nc1cccc(-c2ccc(=O)[nH]n2)c1. The molecule has 0 aliphatic rings. The Morgan fingerprint density at radius 1 is 1.00 bits per heavy atom. The summed E-state index contributed by atoms with van der Waals surface area (Å²) < 4.78 is 5.77. The third kappa shape index (κ3) is 6.18. The summed E-state index contributed by atoms with van der Waals surface area (Å²) in [6, 6.07) is 25.2. The summed E-state index contributed by atoms with van der Waals surface area (Å²) in [6.07, 6.45) is 3.19. The Hall–Kier alpha value is -4.16. The molecular formula is C26H20ClN3O3. The van der Waals surface area contributed by atoms with Crippen molar-refractivity contribution in [1.29, 1.82) is 0 Å². The van der Waals surface area contributed by atoms with Gasteiger partial charge in [0.1, 0.15) is 12.4 Å². The van der Waals surface area contributed by atoms with Crippen molar-refractivity contribution in [3.8, 4) is 17.0 Å². The third-order valence-electron chi connectivity index (χ3n) is 4.76. The summed E-state index contributed by atoms with van der Waals surface area (Å²) in [6.45, 7) is 0.380. The monoisotopic (exact) mass is 457 g/mol. The van der Waals surface area contributed by atoms with E-state index in [0.29, 0.717) is 28.8 Å². The fraction of sp³-hybridized carbons (Fsp3) is 0.0385. The first-order chi connectivity index (χ1) is 16.1. The predicted molar refractivity (Wildman–Crippen MR) is 130 cm³/mol. The van der Waals surface area contributed by atoms with Crippen LogP contribution in [0.3, 0.4) is 0 Å². The number of amides is 1. The number of benzene rings is 3. The fourth-order valence-electron chi connectivity index (χ4n) is 3.07. The number of aromatic amines is 1. The van der Waals surface area contributed by atoms with E-state index in [1.807, 2.05) is 60.7 Å². The number of aromatic nitrogens is 2. The van der Waals surface area contributed by atoms with Gasteiger partial charge in [0.2, 0.25) is 5.91 Å². The van der Waals surface area contributed by atoms with Crippen LogP contribution in [0.15, 0.2) is 95.8 Å². The minimum absolute atomic E-state index is 0.263. The number of carbonyl (C=O) groups excluding carboxylic acids is 1. The van der Waals surface area contributed by atoms with E-state index in [9.17, 15) is 9.59 Å². The third-order valence-corrected chi connectivity index (χ3v) is 5.13. The van der Waals surface area contributed by atoms with Crippen LogP contribution < -0.4 is 15.6 Å². The zero-order valence-corrected chi connectivity index (χ0v) is 18.3. The first-order valence-electron chi connectivity index (χ1n) is 10.2. The second-order valence-corrected chi connectivity index (χ2v) is 7.57. The summed E-state index contributed by atoms with van der Waals surface area (Å²) >= 11 is 6.15. The Labute approximate surface area is 195 Å². The molecule has 0 aliphatic heterocycles. The number of carbonyl (C=O) groups is 1. The van der Waals surface area contributed by atoms with E-state index in [1.54, 1.807) is 24.3 Å². The highest BCUT2D eigenvalue weighted by Crippen LogP contribution is 2.21. The average molecular weight is 458 g/mol. The van der Waals surface area contributed by atoms with Crippen LogP contribution >= 0.6 is 11.6 Å². The number of hydrogen-bond acceptors (Lipinski definition) is 4. The van der Waals surface area contributed by atoms with Gasteiger partial charge >= 0.3 is 0 Å². The van der Waals surface area contributed by atoms with E-state index in [4.69, 9.17) is 16.3 Å². The predicted octanol–water partition coefficient (Wildman–Crippen LogP) is 5.32. The van der Waals surface area contributed by atoms with Crippen molar-refractivity contribution in [2.24, 2.45) is 0 Å². The van der Waals surface area contributed by atoms with Crippen molar-refractivity contribution < 1.29 is 9.53 Å². The van der Waals surface area contributed by atoms with Gasteiger partial charge in [-0.2, -0.15) is 5.10 Å². The van der Waals surface area contributed by atoms with E-state index in [-0.39, 0.29) is 11.5 Å². The summed E-state index contributed by atoms with van der Waals surface area (Å²) in [7, 11) is 0. The highest BCUT2D eigenvalue weighted by molar-refractivity contribution is 6.31. The second kappa shape index (κ2) is 10.4. The molecule has 0 aliphatic carbocycles. The van der Waals surface area contributed by atoms with Gasteiger partial charge in [0.05, 0.1) is 5.69 Å². The van der Waals surface area contributed by atoms with Crippen molar-refractivity contribution in [3.05, 3.63) is 118 Å². The Bertz CT molecular complexity index is 1330. The smallest absolute Gasteiger partial charge is 0.264 e. The maximum absolute atomic E-state index is 12.3. The van der Waals surface area contributed by atoms with E-state index in [2.05, 4.69) is 15.5 Å². The van der Waals surface area contributed by atoms with Gasteiger partial charge in [-0.3, -0.25) is 9.59 Å². The molecule has 0 saturated heterocycles. The summed E-state index contributed by atoms with van der Waals surface area (Å²) in [5.41, 5.74) is 3.52. The van der Waals surface area contributed by atoms with Gasteiger partial charge in [0.25, 0.3) is 5.56 Å². The maximum atomic E-state index is 12.3. The Balaban J connectivity index is 1.34. The maximum Gasteiger partial charge on any atom is 0.264 e. The zero-order valence-electron chi connectivity index (χ0n) is 17.5. The molecule has 7 heteroatoms. The molecule has 0 spiro atoms. The van der Waals surface area contributed by atoms with Crippen molar-refractivity contribution >= 4 is 29.3 Å². The number of nitrogens with one attached hydrogen (secondary N) is 2. The molecule has 6 nitrogen and oxygen atoms in total. The number of anilines is 1. The van der Waals surface area contributed by atoms with Crippen LogP contribution in [-0.4, -0.2) is 16.1 Å². The molecule has 1 aromatic heterocycles. The number of ether oxygens (including phenoxy) is 1. The van der Waals surface area contributed by atoms with Gasteiger partial charge in [-0.1, -0.05) is 54.1 Å². The lowest BCUT2D eigenvalue weighted by molar-refractivity contribution is -0.111. The lowest BCUT2D eigenvalue weighted by Crippen LogP contribution is -2.08. The molecule has 0 unspecified atom stereocenters. The van der Waals surface area contributed by atoms with E-state index in [1.165, 1.54) is 12.1 Å². The van der Waals surface area contributed by atoms with Crippen LogP contribution in [0.25, 0.3) is 17.3 Å². The number of H-pyrrole nitrogens is 1. The van der Waals surface area contributed by atoms with Crippen LogP contribution in [0, 0.1) is 0 Å². The average Bonchev–Trinajstić information content (AvgIpc) is 2.83. The van der Waals surface area contributed by atoms with Crippen LogP contribution in [0.5, 0.6) is 5.75 Å². The van der Waals surface area contributed by atoms with E-state index >= 15 is 0 Å². The molecule has 0 saturated carbocycles. The summed E-state index contributed by atoms with van der Waals surface area (Å²) in [4.78, 5) is 23.5. The number of halogens is 1. The topological polar surface area (TPSA) is 84.1 Å². The van der Waals surface area contributed by atoms with Crippen LogP contribution in [-0.2, 0) is 11.4 Å². The molecule has 4 rings (SSSR count). The quantitative estimate of drug-likeness (QED) is 0.368. The number of hydrogen-bond donors (Lipinski definition) is 2. The molecule has 4 aromatic rings. The highest BCUT2D eigenvalue weighted by atomic mass is 35.5. The minimum atomic E-state index is -0.270. The van der Waals surface area contributed by atoms with E-state index in [0.717, 1.165) is 16.7 Å². The van der Waals surface area contributed by atoms with Gasteiger partial charge in [-0.15, -0.1) is 0 Å². The van der Waals surface area contributed by atoms with Crippen LogP contribution in [0.4, 0.5) is 5.69 Å². The summed E-state index contributed by atoms with van der Waals surface area (Å²) in [5, 5.41) is 9.90. The van der Waals surface area contributed by atoms with Crippen LogP contribution in [0.2, 0.25) is 5.02 Å². The Morgan fingerprint density at radius 3 is 2.58 bits per heavy atom. The first kappa shape index (κ1) is 22.0. The zero-order chi connectivity index (χ0) is 23.0. The number of rotatable bonds is 7. The van der Waals surface area contributed by atoms with Gasteiger partial charge < -0.3 is 10.1 Å². The van der Waals surface area contributed by atoms with Crippen molar-refractivity contribution in [2.75, 3.05) is 5.32 Å². The molecule has 1 amide bonds. The van der Waals surface area contributed by atoms with Gasteiger partial charge in [-0.05, 0) is 48.0 Å². The molecule has 164 valence electrons. The van der Waals surface area contributed by atoms with Gasteiger partial charge in [-0.25, -0.2) is 5.10 Å². The highest BCUT2D eigenvalue weighted by Gasteiger charge is 2.04. The standard InChI is InChI=1S/C26H20ClN3O3/c27-23-7-2-1-4-20(23)17-33-22-11-8-18(9-12-22)10-14-25(31)28-21-6-3-5-19(16-21)24-13-15-26(32)30-29-24/h1-16H,17H2,(H,28,31)(H,30,32)/b14-10+. The molecule has 3 aromatic carbocycles. The van der Waals surface area contributed by atoms with Gasteiger partial charge in [0, 0.05) is 34.0 Å². The molecule has 2 N–H and O–H groups in total. The Morgan fingerprint density at radius 2 is 1.82 bits per heavy atom. The largest absolute Gasteiger partial charge is 0.489 e. The minimum Gasteiger partial charge on any atom is -0.489 e. The molecule has 0 radical (unpaired) electrons. The first-order valence-corrected chi connectivity index (χ1v) is 10.6. The van der Waals surface area contributed by atoms with E-state index < -0.39 is 0 Å². The van der Waals surface area contributed by atoms with Crippen molar-refractivity contribution in [2.45, 2.75) is 6.61 Å². The molecule has 0 atom stereocenters. The molecule has 0 bridgehead atoms. The lowest BCUT2D eigenvalue weighted by atomic mass is 10.1. The van der Waals surface area contributed by atoms with Crippen molar-refractivity contribution in [3.63, 3.8) is 0 Å². The van der Waals surface area contributed by atoms with Gasteiger partial charge in [0.15, 0.2) is 0 Å². The normalized spacial score (nSPS) is 10.8. The molecule has 1 heterocycles. The Kier molecular flexibility index (Phi) is 6.97. The van der Waals surface area contributed by atoms with Crippen molar-refractivity contribution in [1.82, 2.24) is 10.2 Å². The summed E-state index contributed by atoms with van der Waals surface area (Å²) in [5.74, 6) is 0.449. The molecular weight excluding hydrogens is 438 g/mol. The number of nitrogens with zero attached hydrogens (tertiary/aromatic N) is 1. The van der Waals surface area contributed by atoms with Crippen LogP contribution in [0.1, 0.15) is 11.1 Å². The molecule has 0 fully saturated rings. The molecule has 33 heavy (non-hydrogen) atoms. The fourth-order valence-corrected chi connectivity index (χ4v) is 3.26. The second-order valence-electron chi connectivity index (χ2n) is 7.16.